The Morgan fingerprint density at radius 1 is 1.27 bits per heavy atom. The first-order valence-electron chi connectivity index (χ1n) is 10.3. The van der Waals surface area contributed by atoms with Crippen molar-refractivity contribution >= 4 is 35.1 Å². The fourth-order valence-electron chi connectivity index (χ4n) is 6.95. The summed E-state index contributed by atoms with van der Waals surface area (Å²) in [5.74, 6) is -3.04. The highest BCUT2D eigenvalue weighted by Gasteiger charge is 2.73. The highest BCUT2D eigenvalue weighted by molar-refractivity contribution is 6.23. The fraction of sp³-hybridized carbons (Fsp3) is 0.727. The first-order chi connectivity index (χ1) is 13.9. The van der Waals surface area contributed by atoms with E-state index < -0.39 is 51.7 Å². The molecule has 30 heavy (non-hydrogen) atoms. The van der Waals surface area contributed by atoms with Crippen molar-refractivity contribution in [1.29, 1.82) is 0 Å². The minimum Gasteiger partial charge on any atom is -0.462 e. The van der Waals surface area contributed by atoms with Crippen molar-refractivity contribution in [2.24, 2.45) is 28.6 Å². The van der Waals surface area contributed by atoms with E-state index in [0.29, 0.717) is 18.4 Å². The number of hydrogen-bond acceptors (Lipinski definition) is 7. The lowest BCUT2D eigenvalue weighted by Gasteiger charge is -2.60. The van der Waals surface area contributed by atoms with Gasteiger partial charge in [-0.2, -0.15) is 0 Å². The molecule has 8 heteroatoms. The summed E-state index contributed by atoms with van der Waals surface area (Å²) in [7, 11) is 0. The molecule has 0 aromatic heterocycles. The lowest BCUT2D eigenvalue weighted by Crippen LogP contribution is -2.64. The van der Waals surface area contributed by atoms with Gasteiger partial charge in [-0.15, -0.1) is 11.6 Å². The van der Waals surface area contributed by atoms with Gasteiger partial charge in [-0.1, -0.05) is 13.8 Å². The molecule has 0 unspecified atom stereocenters. The molecule has 0 bridgehead atoms. The zero-order chi connectivity index (χ0) is 22.2. The second-order valence-corrected chi connectivity index (χ2v) is 10.2. The van der Waals surface area contributed by atoms with Gasteiger partial charge in [0, 0.05) is 35.7 Å². The minimum absolute atomic E-state index is 0.133. The van der Waals surface area contributed by atoms with Crippen molar-refractivity contribution in [1.82, 2.24) is 0 Å². The first-order valence-corrected chi connectivity index (χ1v) is 10.8. The number of carbonyl (C=O) groups excluding carboxylic acids is 4. The Morgan fingerprint density at radius 2 is 1.93 bits per heavy atom. The van der Waals surface area contributed by atoms with Crippen LogP contribution in [0.15, 0.2) is 11.6 Å². The first kappa shape index (κ1) is 21.5. The van der Waals surface area contributed by atoms with Crippen LogP contribution in [0.3, 0.4) is 0 Å². The summed E-state index contributed by atoms with van der Waals surface area (Å²) in [6.45, 7) is 6.48. The van der Waals surface area contributed by atoms with E-state index in [-0.39, 0.29) is 30.5 Å². The number of Topliss-reactive ketones (excluding diaryl/α,β-unsaturated/α-hetero) is 2. The van der Waals surface area contributed by atoms with Crippen LogP contribution in [0, 0.1) is 28.6 Å². The van der Waals surface area contributed by atoms with E-state index in [9.17, 15) is 24.3 Å². The van der Waals surface area contributed by atoms with Crippen molar-refractivity contribution in [3.05, 3.63) is 11.6 Å². The second kappa shape index (κ2) is 6.63. The van der Waals surface area contributed by atoms with Crippen LogP contribution in [-0.2, 0) is 28.7 Å². The third-order valence-electron chi connectivity index (χ3n) is 8.35. The number of ketones is 2. The van der Waals surface area contributed by atoms with Gasteiger partial charge in [-0.25, -0.2) is 4.79 Å². The molecular weight excluding hydrogens is 412 g/mol. The van der Waals surface area contributed by atoms with Gasteiger partial charge in [0.1, 0.15) is 12.4 Å². The monoisotopic (exact) mass is 438 g/mol. The molecule has 0 aromatic carbocycles. The zero-order valence-corrected chi connectivity index (χ0v) is 18.3. The van der Waals surface area contributed by atoms with Crippen molar-refractivity contribution in [3.8, 4) is 0 Å². The highest BCUT2D eigenvalue weighted by atomic mass is 35.5. The Bertz CT molecular complexity index is 881. The normalized spacial score (nSPS) is 47.4. The third-order valence-corrected chi connectivity index (χ3v) is 8.84. The van der Waals surface area contributed by atoms with Crippen LogP contribution in [0.4, 0.5) is 0 Å². The van der Waals surface area contributed by atoms with Gasteiger partial charge in [-0.05, 0) is 31.3 Å². The molecule has 0 spiro atoms. The maximum absolute atomic E-state index is 13.3. The molecule has 8 atom stereocenters. The van der Waals surface area contributed by atoms with E-state index in [4.69, 9.17) is 21.1 Å². The summed E-state index contributed by atoms with van der Waals surface area (Å²) in [5.41, 5.74) is -2.44. The molecule has 164 valence electrons. The predicted octanol–water partition coefficient (Wildman–Crippen LogP) is 1.97. The van der Waals surface area contributed by atoms with Gasteiger partial charge in [0.25, 0.3) is 0 Å². The maximum atomic E-state index is 13.3. The molecular formula is C22H27ClO7. The average molecular weight is 439 g/mol. The molecule has 7 nitrogen and oxygen atoms in total. The van der Waals surface area contributed by atoms with Crippen molar-refractivity contribution in [3.63, 3.8) is 0 Å². The Morgan fingerprint density at radius 3 is 2.53 bits per heavy atom. The largest absolute Gasteiger partial charge is 0.462 e. The molecule has 3 saturated carbocycles. The molecule has 4 aliphatic rings. The summed E-state index contributed by atoms with van der Waals surface area (Å²) < 4.78 is 10.9. The number of fused-ring (bicyclic) bond motifs is 5. The van der Waals surface area contributed by atoms with Gasteiger partial charge >= 0.3 is 11.9 Å². The summed E-state index contributed by atoms with van der Waals surface area (Å²) in [6.07, 6.45) is 1.14. The number of cyclic esters (lactones) is 1. The maximum Gasteiger partial charge on any atom is 0.330 e. The van der Waals surface area contributed by atoms with Crippen LogP contribution in [0.2, 0.25) is 0 Å². The average Bonchev–Trinajstić information content (AvgIpc) is 2.88. The van der Waals surface area contributed by atoms with E-state index in [0.717, 1.165) is 0 Å². The lowest BCUT2D eigenvalue weighted by atomic mass is 9.46. The predicted molar refractivity (Wildman–Crippen MR) is 105 cm³/mol. The number of hydrogen-bond donors (Lipinski definition) is 1. The second-order valence-electron chi connectivity index (χ2n) is 9.75. The summed E-state index contributed by atoms with van der Waals surface area (Å²) >= 11 is 6.63. The molecule has 0 saturated heterocycles. The van der Waals surface area contributed by atoms with Crippen LogP contribution in [0.25, 0.3) is 0 Å². The summed E-state index contributed by atoms with van der Waals surface area (Å²) in [5, 5.41) is 10.4. The Balaban J connectivity index is 1.84. The number of carbonyl (C=O) groups is 4. The van der Waals surface area contributed by atoms with Gasteiger partial charge in [0.15, 0.2) is 11.4 Å². The van der Waals surface area contributed by atoms with Crippen LogP contribution in [-0.4, -0.2) is 52.3 Å². The van der Waals surface area contributed by atoms with Crippen LogP contribution >= 0.6 is 11.6 Å². The number of aliphatic hydroxyl groups excluding tert-OH is 1. The molecule has 4 rings (SSSR count). The van der Waals surface area contributed by atoms with Crippen LogP contribution < -0.4 is 0 Å². The quantitative estimate of drug-likeness (QED) is 0.518. The molecule has 0 aromatic rings. The molecule has 3 fully saturated rings. The van der Waals surface area contributed by atoms with Crippen molar-refractivity contribution in [2.45, 2.75) is 64.0 Å². The van der Waals surface area contributed by atoms with Gasteiger partial charge < -0.3 is 14.6 Å². The lowest BCUT2D eigenvalue weighted by molar-refractivity contribution is -0.193. The van der Waals surface area contributed by atoms with Gasteiger partial charge in [0.2, 0.25) is 0 Å². The molecule has 1 N–H and O–H groups in total. The highest BCUT2D eigenvalue weighted by Crippen LogP contribution is 2.67. The van der Waals surface area contributed by atoms with E-state index in [1.54, 1.807) is 0 Å². The Hall–Kier alpha value is -1.73. The molecule has 1 aliphatic heterocycles. The topological polar surface area (TPSA) is 107 Å². The number of alkyl halides is 1. The minimum atomic E-state index is -1.54. The molecule has 0 amide bonds. The zero-order valence-electron chi connectivity index (χ0n) is 17.6. The van der Waals surface area contributed by atoms with E-state index in [1.807, 2.05) is 13.8 Å². The SMILES string of the molecule is CC(=O)O[C@]1(C(C)=O)CC(=O)[C@H]2[C@@H]3[C@H](O)[C@@H](Cl)C4=CC(=O)OC[C@]4(C)[C@H]3CC[C@@]21C. The van der Waals surface area contributed by atoms with E-state index in [2.05, 4.69) is 0 Å². The summed E-state index contributed by atoms with van der Waals surface area (Å²) in [6, 6.07) is 0. The van der Waals surface area contributed by atoms with Crippen LogP contribution in [0.1, 0.15) is 47.0 Å². The number of rotatable bonds is 2. The molecule has 3 aliphatic carbocycles. The number of ether oxygens (including phenoxy) is 2. The van der Waals surface area contributed by atoms with Crippen LogP contribution in [0.5, 0.6) is 0 Å². The number of esters is 2. The number of halogens is 1. The van der Waals surface area contributed by atoms with Crippen molar-refractivity contribution in [2.75, 3.05) is 6.61 Å². The third kappa shape index (κ3) is 2.54. The molecule has 1 heterocycles. The fourth-order valence-corrected chi connectivity index (χ4v) is 7.43. The smallest absolute Gasteiger partial charge is 0.330 e. The van der Waals surface area contributed by atoms with E-state index in [1.165, 1.54) is 19.9 Å². The Kier molecular flexibility index (Phi) is 4.75. The number of aliphatic hydroxyl groups is 1. The molecule has 0 radical (unpaired) electrons. The van der Waals surface area contributed by atoms with E-state index >= 15 is 0 Å². The van der Waals surface area contributed by atoms with Gasteiger partial charge in [0.05, 0.1) is 17.9 Å². The standard InChI is InChI=1S/C22H27ClO7/c1-10(24)22(30-11(2)25)8-14(26)17-16-12(5-6-21(17,22)4)20(3)9-29-15(27)7-13(20)18(23)19(16)28/h7,12,16-19,28H,5-6,8-9H2,1-4H3/t12-,16+,17-,18-,19-,20+,21-,22-/m0/s1. The summed E-state index contributed by atoms with van der Waals surface area (Å²) in [4.78, 5) is 49.8. The van der Waals surface area contributed by atoms with Gasteiger partial charge in [-0.3, -0.25) is 14.4 Å². The Labute approximate surface area is 180 Å². The van der Waals surface area contributed by atoms with Crippen molar-refractivity contribution < 1.29 is 33.8 Å².